The van der Waals surface area contributed by atoms with Gasteiger partial charge in [0.25, 0.3) is 5.91 Å². The number of hydrogen-bond donors (Lipinski definition) is 5. The van der Waals surface area contributed by atoms with E-state index < -0.39 is 30.4 Å². The maximum atomic E-state index is 12.3. The summed E-state index contributed by atoms with van der Waals surface area (Å²) in [7, 11) is 0. The summed E-state index contributed by atoms with van der Waals surface area (Å²) in [5.74, 6) is 9.87. The minimum atomic E-state index is -1.19. The lowest BCUT2D eigenvalue weighted by molar-refractivity contribution is -0.126. The van der Waals surface area contributed by atoms with E-state index in [1.165, 1.54) is 19.1 Å². The number of aliphatic hydroxyl groups is 2. The Kier molecular flexibility index (Phi) is 9.81. The van der Waals surface area contributed by atoms with E-state index in [0.717, 1.165) is 5.56 Å². The number of rotatable bonds is 8. The van der Waals surface area contributed by atoms with Crippen molar-refractivity contribution in [3.05, 3.63) is 65.2 Å². The van der Waals surface area contributed by atoms with E-state index in [0.29, 0.717) is 17.8 Å². The molecule has 0 saturated heterocycles. The third kappa shape index (κ3) is 8.24. The molecule has 0 spiro atoms. The van der Waals surface area contributed by atoms with Crippen LogP contribution in [0, 0.1) is 23.7 Å². The monoisotopic (exact) mass is 447 g/mol. The number of ketones is 1. The molecule has 2 aromatic carbocycles. The summed E-state index contributed by atoms with van der Waals surface area (Å²) in [4.78, 5) is 35.4. The molecule has 0 bridgehead atoms. The molecule has 2 atom stereocenters. The first-order valence-electron chi connectivity index (χ1n) is 10.2. The number of nitrogens with one attached hydrogen (secondary N) is 2. The first kappa shape index (κ1) is 25.3. The van der Waals surface area contributed by atoms with Gasteiger partial charge in [-0.1, -0.05) is 11.8 Å². The number of hydrogen-bond acceptors (Lipinski definition) is 6. The number of benzene rings is 2. The Balaban J connectivity index is 1.97. The molecule has 2 amide bonds. The van der Waals surface area contributed by atoms with Crippen LogP contribution in [0.4, 0.5) is 5.69 Å². The SMILES string of the molecule is C[C@@H](O)[C@H](NC(=O)c1ccc(C#CC#Cc2ccc(NC(=O)CCN)cc2)cc1)C(=O)CO. The largest absolute Gasteiger partial charge is 0.391 e. The van der Waals surface area contributed by atoms with Crippen LogP contribution in [0.2, 0.25) is 0 Å². The average Bonchev–Trinajstić information content (AvgIpc) is 2.81. The van der Waals surface area contributed by atoms with Crippen LogP contribution >= 0.6 is 0 Å². The zero-order valence-electron chi connectivity index (χ0n) is 18.1. The van der Waals surface area contributed by atoms with E-state index in [9.17, 15) is 19.5 Å². The zero-order chi connectivity index (χ0) is 24.2. The molecule has 33 heavy (non-hydrogen) atoms. The number of anilines is 1. The first-order chi connectivity index (χ1) is 15.8. The van der Waals surface area contributed by atoms with Crippen LogP contribution in [0.1, 0.15) is 34.8 Å². The molecule has 0 aliphatic rings. The Morgan fingerprint density at radius 1 is 0.970 bits per heavy atom. The van der Waals surface area contributed by atoms with Crippen molar-refractivity contribution in [2.75, 3.05) is 18.5 Å². The lowest BCUT2D eigenvalue weighted by Gasteiger charge is -2.19. The summed E-state index contributed by atoms with van der Waals surface area (Å²) in [5.41, 5.74) is 7.65. The number of nitrogens with two attached hydrogens (primary N) is 1. The van der Waals surface area contributed by atoms with Gasteiger partial charge in [0.15, 0.2) is 5.78 Å². The Morgan fingerprint density at radius 3 is 2.00 bits per heavy atom. The third-order valence-electron chi connectivity index (χ3n) is 4.44. The summed E-state index contributed by atoms with van der Waals surface area (Å²) in [5, 5.41) is 23.7. The van der Waals surface area contributed by atoms with Crippen LogP contribution in [0.15, 0.2) is 48.5 Å². The highest BCUT2D eigenvalue weighted by Gasteiger charge is 2.25. The summed E-state index contributed by atoms with van der Waals surface area (Å²) in [6, 6.07) is 12.2. The van der Waals surface area contributed by atoms with Crippen LogP contribution in [-0.2, 0) is 9.59 Å². The van der Waals surface area contributed by atoms with Crippen LogP contribution in [0.25, 0.3) is 0 Å². The molecule has 8 heteroatoms. The molecular formula is C25H25N3O5. The lowest BCUT2D eigenvalue weighted by atomic mass is 10.1. The Hall–Kier alpha value is -3.95. The summed E-state index contributed by atoms with van der Waals surface area (Å²) >= 11 is 0. The van der Waals surface area contributed by atoms with Gasteiger partial charge in [0.1, 0.15) is 12.6 Å². The highest BCUT2D eigenvalue weighted by Crippen LogP contribution is 2.09. The van der Waals surface area contributed by atoms with E-state index in [4.69, 9.17) is 10.8 Å². The molecule has 0 aliphatic heterocycles. The van der Waals surface area contributed by atoms with E-state index in [2.05, 4.69) is 34.3 Å². The van der Waals surface area contributed by atoms with Crippen LogP contribution < -0.4 is 16.4 Å². The molecule has 0 aliphatic carbocycles. The molecule has 0 fully saturated rings. The molecule has 0 radical (unpaired) electrons. The van der Waals surface area contributed by atoms with Crippen molar-refractivity contribution in [2.45, 2.75) is 25.5 Å². The number of amides is 2. The molecule has 0 unspecified atom stereocenters. The molecule has 0 heterocycles. The van der Waals surface area contributed by atoms with Crippen molar-refractivity contribution in [1.29, 1.82) is 0 Å². The van der Waals surface area contributed by atoms with Crippen LogP contribution in [0.3, 0.4) is 0 Å². The fourth-order valence-corrected chi connectivity index (χ4v) is 2.70. The fourth-order valence-electron chi connectivity index (χ4n) is 2.70. The smallest absolute Gasteiger partial charge is 0.251 e. The molecule has 170 valence electrons. The van der Waals surface area contributed by atoms with Crippen molar-refractivity contribution in [2.24, 2.45) is 5.73 Å². The van der Waals surface area contributed by atoms with Gasteiger partial charge in [-0.15, -0.1) is 0 Å². The second-order valence-electron chi connectivity index (χ2n) is 7.06. The van der Waals surface area contributed by atoms with Gasteiger partial charge in [-0.2, -0.15) is 0 Å². The van der Waals surface area contributed by atoms with Crippen LogP contribution in [0.5, 0.6) is 0 Å². The van der Waals surface area contributed by atoms with E-state index >= 15 is 0 Å². The van der Waals surface area contributed by atoms with Crippen molar-refractivity contribution in [3.63, 3.8) is 0 Å². The molecule has 2 rings (SSSR count). The second kappa shape index (κ2) is 12.8. The minimum Gasteiger partial charge on any atom is -0.391 e. The van der Waals surface area contributed by atoms with Gasteiger partial charge in [-0.25, -0.2) is 0 Å². The van der Waals surface area contributed by atoms with Gasteiger partial charge in [-0.3, -0.25) is 14.4 Å². The van der Waals surface area contributed by atoms with Gasteiger partial charge in [0, 0.05) is 35.3 Å². The Labute approximate surface area is 192 Å². The van der Waals surface area contributed by atoms with E-state index in [-0.39, 0.29) is 17.9 Å². The summed E-state index contributed by atoms with van der Waals surface area (Å²) in [6.45, 7) is 0.869. The lowest BCUT2D eigenvalue weighted by Crippen LogP contribution is -2.48. The van der Waals surface area contributed by atoms with Gasteiger partial charge in [-0.05, 0) is 67.3 Å². The standard InChI is InChI=1S/C25H25N3O5/c1-17(30)24(22(31)16-29)28-25(33)20-10-6-18(7-11-20)4-2-3-5-19-8-12-21(13-9-19)27-23(32)14-15-26/h6-13,17,24,29-30H,14-16,26H2,1H3,(H,27,32)(H,28,33)/t17-,24+/m1/s1. The molecule has 0 saturated carbocycles. The molecule has 0 aromatic heterocycles. The van der Waals surface area contributed by atoms with E-state index in [1.807, 2.05) is 0 Å². The topological polar surface area (TPSA) is 142 Å². The van der Waals surface area contributed by atoms with Gasteiger partial charge in [0.2, 0.25) is 5.91 Å². The maximum absolute atomic E-state index is 12.3. The van der Waals surface area contributed by atoms with E-state index in [1.54, 1.807) is 36.4 Å². The molecule has 6 N–H and O–H groups in total. The normalized spacial score (nSPS) is 11.6. The van der Waals surface area contributed by atoms with Crippen molar-refractivity contribution in [1.82, 2.24) is 5.32 Å². The predicted molar refractivity (Wildman–Crippen MR) is 124 cm³/mol. The molecule has 8 nitrogen and oxygen atoms in total. The molecule has 2 aromatic rings. The number of carbonyl (C=O) groups excluding carboxylic acids is 3. The highest BCUT2D eigenvalue weighted by atomic mass is 16.3. The van der Waals surface area contributed by atoms with Crippen molar-refractivity contribution in [3.8, 4) is 23.7 Å². The third-order valence-corrected chi connectivity index (χ3v) is 4.44. The number of aliphatic hydroxyl groups excluding tert-OH is 2. The summed E-state index contributed by atoms with van der Waals surface area (Å²) < 4.78 is 0. The Bertz CT molecular complexity index is 1100. The fraction of sp³-hybridized carbons (Fsp3) is 0.240. The van der Waals surface area contributed by atoms with Gasteiger partial charge >= 0.3 is 0 Å². The first-order valence-corrected chi connectivity index (χ1v) is 10.2. The van der Waals surface area contributed by atoms with Gasteiger partial charge < -0.3 is 26.6 Å². The quantitative estimate of drug-likeness (QED) is 0.371. The molecular weight excluding hydrogens is 422 g/mol. The zero-order valence-corrected chi connectivity index (χ0v) is 18.1. The highest BCUT2D eigenvalue weighted by molar-refractivity contribution is 5.98. The second-order valence-corrected chi connectivity index (χ2v) is 7.06. The van der Waals surface area contributed by atoms with Crippen LogP contribution in [-0.4, -0.2) is 53.1 Å². The maximum Gasteiger partial charge on any atom is 0.251 e. The minimum absolute atomic E-state index is 0.146. The van der Waals surface area contributed by atoms with Crippen molar-refractivity contribution >= 4 is 23.3 Å². The van der Waals surface area contributed by atoms with Crippen molar-refractivity contribution < 1.29 is 24.6 Å². The number of carbonyl (C=O) groups is 3. The average molecular weight is 447 g/mol. The predicted octanol–water partition coefficient (Wildman–Crippen LogP) is 0.418. The summed E-state index contributed by atoms with van der Waals surface area (Å²) in [6.07, 6.45) is -0.877. The van der Waals surface area contributed by atoms with Gasteiger partial charge in [0.05, 0.1) is 6.10 Å². The Morgan fingerprint density at radius 2 is 1.52 bits per heavy atom. The number of Topliss-reactive ketones (excluding diaryl/α,β-unsaturated/α-hetero) is 1.